The first-order valence-electron chi connectivity index (χ1n) is 5.50. The second-order valence-corrected chi connectivity index (χ2v) is 3.79. The molecule has 3 heteroatoms. The number of nitrogens with zero attached hydrogens (tertiary/aromatic N) is 1. The molecule has 1 N–H and O–H groups in total. The molecule has 0 atom stereocenters. The average Bonchev–Trinajstić information content (AvgIpc) is 2.24. The van der Waals surface area contributed by atoms with Crippen molar-refractivity contribution in [3.8, 4) is 0 Å². The van der Waals surface area contributed by atoms with Gasteiger partial charge in [0.25, 0.3) is 0 Å². The fraction of sp³-hybridized carbons (Fsp3) is 0.583. The highest BCUT2D eigenvalue weighted by Gasteiger charge is 1.94. The normalized spacial score (nSPS) is 10.9. The number of nitrogens with one attached hydrogen (secondary N) is 1. The van der Waals surface area contributed by atoms with E-state index < -0.39 is 0 Å². The van der Waals surface area contributed by atoms with Gasteiger partial charge in [-0.1, -0.05) is 19.9 Å². The molecule has 1 aromatic rings. The summed E-state index contributed by atoms with van der Waals surface area (Å²) in [6.45, 7) is 6.70. The van der Waals surface area contributed by atoms with Gasteiger partial charge in [-0.3, -0.25) is 4.98 Å². The fourth-order valence-electron chi connectivity index (χ4n) is 1.24. The van der Waals surface area contributed by atoms with E-state index in [1.165, 1.54) is 0 Å². The first kappa shape index (κ1) is 12.1. The molecule has 3 nitrogen and oxygen atoms in total. The molecule has 0 bridgehead atoms. The topological polar surface area (TPSA) is 34.1 Å². The van der Waals surface area contributed by atoms with Gasteiger partial charge in [-0.25, -0.2) is 0 Å². The largest absolute Gasteiger partial charge is 0.380 e. The molecular weight excluding hydrogens is 188 g/mol. The van der Waals surface area contributed by atoms with Crippen molar-refractivity contribution in [2.75, 3.05) is 19.8 Å². The van der Waals surface area contributed by atoms with Gasteiger partial charge in [0.15, 0.2) is 0 Å². The van der Waals surface area contributed by atoms with Gasteiger partial charge >= 0.3 is 0 Å². The quantitative estimate of drug-likeness (QED) is 0.692. The molecule has 0 amide bonds. The minimum absolute atomic E-state index is 0.532. The van der Waals surface area contributed by atoms with Crippen molar-refractivity contribution < 1.29 is 4.74 Å². The van der Waals surface area contributed by atoms with Gasteiger partial charge < -0.3 is 10.1 Å². The number of hydrogen-bond acceptors (Lipinski definition) is 3. The van der Waals surface area contributed by atoms with E-state index in [0.717, 1.165) is 31.9 Å². The third kappa shape index (κ3) is 6.20. The zero-order valence-electron chi connectivity index (χ0n) is 9.57. The van der Waals surface area contributed by atoms with Crippen LogP contribution in [-0.2, 0) is 11.2 Å². The van der Waals surface area contributed by atoms with E-state index in [0.29, 0.717) is 6.04 Å². The maximum Gasteiger partial charge on any atom is 0.0591 e. The highest BCUT2D eigenvalue weighted by molar-refractivity contribution is 5.03. The summed E-state index contributed by atoms with van der Waals surface area (Å²) in [6, 6.07) is 6.49. The molecule has 0 aliphatic carbocycles. The maximum absolute atomic E-state index is 5.49. The molecule has 0 aliphatic rings. The summed E-state index contributed by atoms with van der Waals surface area (Å²) in [5.74, 6) is 0. The molecule has 84 valence electrons. The van der Waals surface area contributed by atoms with Gasteiger partial charge in [0, 0.05) is 30.9 Å². The summed E-state index contributed by atoms with van der Waals surface area (Å²) in [5.41, 5.74) is 1.09. The zero-order valence-corrected chi connectivity index (χ0v) is 9.57. The van der Waals surface area contributed by atoms with Crippen LogP contribution in [0.25, 0.3) is 0 Å². The van der Waals surface area contributed by atoms with Crippen molar-refractivity contribution in [2.24, 2.45) is 0 Å². The third-order valence-electron chi connectivity index (χ3n) is 2.03. The van der Waals surface area contributed by atoms with E-state index in [2.05, 4.69) is 24.1 Å². The van der Waals surface area contributed by atoms with E-state index in [1.54, 1.807) is 0 Å². The van der Waals surface area contributed by atoms with Gasteiger partial charge in [-0.15, -0.1) is 0 Å². The SMILES string of the molecule is CC(C)NCCOCCc1ccccn1. The molecule has 0 unspecified atom stereocenters. The lowest BCUT2D eigenvalue weighted by molar-refractivity contribution is 0.137. The number of aromatic nitrogens is 1. The number of ether oxygens (including phenoxy) is 1. The molecule has 0 radical (unpaired) electrons. The summed E-state index contributed by atoms with van der Waals surface area (Å²) in [5, 5.41) is 3.30. The van der Waals surface area contributed by atoms with Gasteiger partial charge in [-0.2, -0.15) is 0 Å². The monoisotopic (exact) mass is 208 g/mol. The molecule has 0 aromatic carbocycles. The van der Waals surface area contributed by atoms with Gasteiger partial charge in [0.2, 0.25) is 0 Å². The van der Waals surface area contributed by atoms with E-state index >= 15 is 0 Å². The van der Waals surface area contributed by atoms with Crippen LogP contribution in [-0.4, -0.2) is 30.8 Å². The van der Waals surface area contributed by atoms with Gasteiger partial charge in [0.05, 0.1) is 13.2 Å². The zero-order chi connectivity index (χ0) is 10.9. The van der Waals surface area contributed by atoms with Crippen molar-refractivity contribution in [1.29, 1.82) is 0 Å². The predicted molar refractivity (Wildman–Crippen MR) is 61.9 cm³/mol. The molecule has 15 heavy (non-hydrogen) atoms. The van der Waals surface area contributed by atoms with Crippen LogP contribution in [0.4, 0.5) is 0 Å². The van der Waals surface area contributed by atoms with E-state index in [9.17, 15) is 0 Å². The van der Waals surface area contributed by atoms with Crippen molar-refractivity contribution >= 4 is 0 Å². The summed E-state index contributed by atoms with van der Waals surface area (Å²) in [6.07, 6.45) is 2.71. The molecule has 1 heterocycles. The number of pyridine rings is 1. The first-order chi connectivity index (χ1) is 7.29. The van der Waals surface area contributed by atoms with Crippen LogP contribution >= 0.6 is 0 Å². The van der Waals surface area contributed by atoms with Crippen LogP contribution in [0.5, 0.6) is 0 Å². The molecule has 1 aromatic heterocycles. The number of hydrogen-bond donors (Lipinski definition) is 1. The van der Waals surface area contributed by atoms with Crippen molar-refractivity contribution in [3.05, 3.63) is 30.1 Å². The molecule has 0 spiro atoms. The van der Waals surface area contributed by atoms with Crippen molar-refractivity contribution in [1.82, 2.24) is 10.3 Å². The van der Waals surface area contributed by atoms with Crippen molar-refractivity contribution in [3.63, 3.8) is 0 Å². The lowest BCUT2D eigenvalue weighted by Gasteiger charge is -2.08. The molecule has 0 saturated carbocycles. The Morgan fingerprint density at radius 2 is 2.20 bits per heavy atom. The molecular formula is C12H20N2O. The van der Waals surface area contributed by atoms with Gasteiger partial charge in [-0.05, 0) is 12.1 Å². The second-order valence-electron chi connectivity index (χ2n) is 3.79. The second kappa shape index (κ2) is 7.37. The summed E-state index contributed by atoms with van der Waals surface area (Å²) < 4.78 is 5.49. The van der Waals surface area contributed by atoms with Crippen LogP contribution in [0.15, 0.2) is 24.4 Å². The molecule has 1 rings (SSSR count). The number of rotatable bonds is 7. The third-order valence-corrected chi connectivity index (χ3v) is 2.03. The highest BCUT2D eigenvalue weighted by Crippen LogP contribution is 1.94. The van der Waals surface area contributed by atoms with Crippen LogP contribution in [0.1, 0.15) is 19.5 Å². The van der Waals surface area contributed by atoms with E-state index in [1.807, 2.05) is 24.4 Å². The van der Waals surface area contributed by atoms with E-state index in [4.69, 9.17) is 4.74 Å². The van der Waals surface area contributed by atoms with Crippen LogP contribution in [0.2, 0.25) is 0 Å². The summed E-state index contributed by atoms with van der Waals surface area (Å²) in [4.78, 5) is 4.23. The standard InChI is InChI=1S/C12H20N2O/c1-11(2)13-8-10-15-9-6-12-5-3-4-7-14-12/h3-5,7,11,13H,6,8-10H2,1-2H3. The Hall–Kier alpha value is -0.930. The Kier molecular flexibility index (Phi) is 5.97. The highest BCUT2D eigenvalue weighted by atomic mass is 16.5. The molecule has 0 aliphatic heterocycles. The summed E-state index contributed by atoms with van der Waals surface area (Å²) >= 11 is 0. The predicted octanol–water partition coefficient (Wildman–Crippen LogP) is 1.64. The lowest BCUT2D eigenvalue weighted by atomic mass is 10.3. The first-order valence-corrected chi connectivity index (χ1v) is 5.50. The smallest absolute Gasteiger partial charge is 0.0591 e. The Balaban J connectivity index is 1.98. The Morgan fingerprint density at radius 3 is 2.87 bits per heavy atom. The Morgan fingerprint density at radius 1 is 1.33 bits per heavy atom. The van der Waals surface area contributed by atoms with Crippen LogP contribution in [0.3, 0.4) is 0 Å². The van der Waals surface area contributed by atoms with Crippen LogP contribution in [0, 0.1) is 0 Å². The minimum Gasteiger partial charge on any atom is -0.380 e. The molecule has 0 fully saturated rings. The van der Waals surface area contributed by atoms with Crippen LogP contribution < -0.4 is 5.32 Å². The Bertz CT molecular complexity index is 249. The molecule has 0 saturated heterocycles. The minimum atomic E-state index is 0.532. The van der Waals surface area contributed by atoms with Gasteiger partial charge in [0.1, 0.15) is 0 Å². The van der Waals surface area contributed by atoms with Crippen molar-refractivity contribution in [2.45, 2.75) is 26.3 Å². The Labute approximate surface area is 91.9 Å². The van der Waals surface area contributed by atoms with E-state index in [-0.39, 0.29) is 0 Å². The summed E-state index contributed by atoms with van der Waals surface area (Å²) in [7, 11) is 0. The average molecular weight is 208 g/mol. The lowest BCUT2D eigenvalue weighted by Crippen LogP contribution is -2.26. The fourth-order valence-corrected chi connectivity index (χ4v) is 1.24. The maximum atomic E-state index is 5.49.